The topological polar surface area (TPSA) is 51.8 Å². The van der Waals surface area contributed by atoms with E-state index in [1.54, 1.807) is 48.5 Å². The smallest absolute Gasteiger partial charge is 0.164 e. The van der Waals surface area contributed by atoms with Gasteiger partial charge >= 0.3 is 0 Å². The fraction of sp³-hybridized carbons (Fsp3) is 0. The Morgan fingerprint density at radius 3 is 1.65 bits per heavy atom. The van der Waals surface area contributed by atoms with Gasteiger partial charge in [0, 0.05) is 27.5 Å². The van der Waals surface area contributed by atoms with Crippen molar-refractivity contribution in [2.75, 3.05) is 0 Å². The number of fused-ring (bicyclic) bond motifs is 3. The summed E-state index contributed by atoms with van der Waals surface area (Å²) in [6.07, 6.45) is 0. The van der Waals surface area contributed by atoms with Gasteiger partial charge in [0.15, 0.2) is 17.5 Å². The molecular weight excluding hydrogens is 526 g/mol. The minimum absolute atomic E-state index is 0.0717. The van der Waals surface area contributed by atoms with Crippen LogP contribution in [0.2, 0.25) is 0 Å². The van der Waals surface area contributed by atoms with Crippen molar-refractivity contribution >= 4 is 21.9 Å². The monoisotopic (exact) mass is 561 g/mol. The van der Waals surface area contributed by atoms with Crippen molar-refractivity contribution in [2.24, 2.45) is 0 Å². The third-order valence-electron chi connectivity index (χ3n) is 7.09. The maximum absolute atomic E-state index is 8.49. The van der Waals surface area contributed by atoms with E-state index in [0.29, 0.717) is 50.9 Å². The van der Waals surface area contributed by atoms with Crippen molar-refractivity contribution < 1.29 is 18.1 Å². The van der Waals surface area contributed by atoms with Gasteiger partial charge < -0.3 is 4.42 Å². The van der Waals surface area contributed by atoms with E-state index in [-0.39, 0.29) is 35.3 Å². The molecule has 43 heavy (non-hydrogen) atoms. The van der Waals surface area contributed by atoms with Gasteiger partial charge in [0.05, 0.1) is 13.7 Å². The van der Waals surface area contributed by atoms with Gasteiger partial charge in [-0.25, -0.2) is 15.0 Å². The van der Waals surface area contributed by atoms with Crippen LogP contribution < -0.4 is 0 Å². The largest absolute Gasteiger partial charge is 0.456 e. The fourth-order valence-corrected chi connectivity index (χ4v) is 5.02. The highest BCUT2D eigenvalue weighted by atomic mass is 16.3. The predicted octanol–water partition coefficient (Wildman–Crippen LogP) is 10.1. The molecule has 6 aromatic carbocycles. The van der Waals surface area contributed by atoms with Crippen LogP contribution in [0, 0.1) is 0 Å². The maximum Gasteiger partial charge on any atom is 0.164 e. The average Bonchev–Trinajstić information content (AvgIpc) is 3.55. The molecule has 4 heteroatoms. The van der Waals surface area contributed by atoms with Crippen LogP contribution in [0.5, 0.6) is 0 Å². The molecular formula is C39H25N3O. The Labute approximate surface area is 263 Å². The summed E-state index contributed by atoms with van der Waals surface area (Å²) in [6.45, 7) is 0. The Morgan fingerprint density at radius 1 is 0.395 bits per heavy atom. The molecule has 0 atom stereocenters. The first-order valence-corrected chi connectivity index (χ1v) is 13.5. The molecule has 0 aliphatic carbocycles. The van der Waals surface area contributed by atoms with Gasteiger partial charge in [0.1, 0.15) is 11.2 Å². The van der Waals surface area contributed by atoms with Gasteiger partial charge in [-0.05, 0) is 58.7 Å². The van der Waals surface area contributed by atoms with Crippen molar-refractivity contribution in [1.29, 1.82) is 0 Å². The summed E-state index contributed by atoms with van der Waals surface area (Å²) < 4.78 is 88.4. The summed E-state index contributed by atoms with van der Waals surface area (Å²) in [7, 11) is 0. The summed E-state index contributed by atoms with van der Waals surface area (Å²) >= 11 is 0. The van der Waals surface area contributed by atoms with E-state index in [2.05, 4.69) is 0 Å². The summed E-state index contributed by atoms with van der Waals surface area (Å²) in [5, 5.41) is 1.48. The number of hydrogen-bond donors (Lipinski definition) is 0. The SMILES string of the molecule is [2H]c1c([2H])c([2H])c(-c2cccc(-c3nc(-c4ccccc4)nc(-c4ccc5oc6cc(-c7c([2H])c([2H])c([2H])c([2H])c7[2H])ccc6c5c4)n3)c2)c([2H])c1[2H]. The van der Waals surface area contributed by atoms with Crippen LogP contribution in [0.4, 0.5) is 0 Å². The van der Waals surface area contributed by atoms with E-state index in [1.165, 1.54) is 0 Å². The lowest BCUT2D eigenvalue weighted by molar-refractivity contribution is 0.669. The highest BCUT2D eigenvalue weighted by Crippen LogP contribution is 2.35. The molecule has 0 fully saturated rings. The van der Waals surface area contributed by atoms with Gasteiger partial charge in [-0.1, -0.05) is 115 Å². The molecule has 8 aromatic rings. The number of nitrogens with zero attached hydrogens (tertiary/aromatic N) is 3. The van der Waals surface area contributed by atoms with E-state index < -0.39 is 36.3 Å². The molecule has 0 saturated heterocycles. The van der Waals surface area contributed by atoms with Crippen molar-refractivity contribution in [3.63, 3.8) is 0 Å². The highest BCUT2D eigenvalue weighted by Gasteiger charge is 2.15. The predicted molar refractivity (Wildman–Crippen MR) is 174 cm³/mol. The quantitative estimate of drug-likeness (QED) is 0.210. The number of rotatable bonds is 5. The Kier molecular flexibility index (Phi) is 4.04. The molecule has 0 aliphatic heterocycles. The third-order valence-corrected chi connectivity index (χ3v) is 7.09. The zero-order valence-electron chi connectivity index (χ0n) is 32.4. The summed E-state index contributed by atoms with van der Waals surface area (Å²) in [4.78, 5) is 14.5. The van der Waals surface area contributed by atoms with Gasteiger partial charge in [-0.15, -0.1) is 0 Å². The minimum atomic E-state index is -0.466. The number of benzene rings is 6. The van der Waals surface area contributed by atoms with E-state index in [4.69, 9.17) is 33.1 Å². The fourth-order valence-electron chi connectivity index (χ4n) is 5.02. The van der Waals surface area contributed by atoms with E-state index in [9.17, 15) is 0 Å². The standard InChI is InChI=1S/C39H25N3O/c1-4-11-26(12-5-1)29-17-10-18-31(23-29)38-40-37(28-15-8-3-9-16-28)41-39(42-38)32-20-22-35-34(24-32)33-21-19-30(25-36(33)43-35)27-13-6-2-7-14-27/h1-25H/i1D,2D,4D,5D,6D,7D,11D,12D,13D,14D. The molecule has 0 aliphatic rings. The highest BCUT2D eigenvalue weighted by molar-refractivity contribution is 6.07. The van der Waals surface area contributed by atoms with Crippen molar-refractivity contribution in [3.8, 4) is 56.4 Å². The normalized spacial score (nSPS) is 14.5. The molecule has 0 amide bonds. The first-order valence-electron chi connectivity index (χ1n) is 18.5. The van der Waals surface area contributed by atoms with E-state index >= 15 is 0 Å². The van der Waals surface area contributed by atoms with Crippen LogP contribution in [0.15, 0.2) is 156 Å². The first-order chi connectivity index (χ1) is 25.4. The van der Waals surface area contributed by atoms with Crippen LogP contribution in [0.3, 0.4) is 0 Å². The van der Waals surface area contributed by atoms with Crippen LogP contribution in [-0.4, -0.2) is 15.0 Å². The van der Waals surface area contributed by atoms with Gasteiger partial charge in [-0.2, -0.15) is 0 Å². The van der Waals surface area contributed by atoms with Crippen molar-refractivity contribution in [1.82, 2.24) is 15.0 Å². The zero-order valence-corrected chi connectivity index (χ0v) is 22.4. The number of furan rings is 1. The average molecular weight is 562 g/mol. The molecule has 0 saturated carbocycles. The number of aromatic nitrogens is 3. The Balaban J connectivity index is 1.27. The Morgan fingerprint density at radius 2 is 0.953 bits per heavy atom. The van der Waals surface area contributed by atoms with Crippen molar-refractivity contribution in [3.05, 3.63) is 151 Å². The molecule has 8 rings (SSSR count). The maximum atomic E-state index is 8.49. The Hall–Kier alpha value is -5.87. The molecule has 202 valence electrons. The molecule has 0 unspecified atom stereocenters. The summed E-state index contributed by atoms with van der Waals surface area (Å²) in [6, 6.07) is 23.1. The van der Waals surface area contributed by atoms with Gasteiger partial charge in [0.25, 0.3) is 0 Å². The lowest BCUT2D eigenvalue weighted by atomic mass is 10.0. The second-order valence-electron chi connectivity index (χ2n) is 9.78. The van der Waals surface area contributed by atoms with Gasteiger partial charge in [-0.3, -0.25) is 0 Å². The van der Waals surface area contributed by atoms with Crippen LogP contribution >= 0.6 is 0 Å². The molecule has 2 aromatic heterocycles. The Bertz CT molecular complexity index is 2750. The summed E-state index contributed by atoms with van der Waals surface area (Å²) in [5.74, 6) is 1.07. The lowest BCUT2D eigenvalue weighted by Gasteiger charge is -2.10. The second-order valence-corrected chi connectivity index (χ2v) is 9.78. The summed E-state index contributed by atoms with van der Waals surface area (Å²) in [5.41, 5.74) is 3.96. The van der Waals surface area contributed by atoms with E-state index in [1.807, 2.05) is 42.5 Å². The molecule has 0 N–H and O–H groups in total. The van der Waals surface area contributed by atoms with Crippen LogP contribution in [0.1, 0.15) is 13.7 Å². The molecule has 2 heterocycles. The zero-order chi connectivity index (χ0) is 37.3. The minimum Gasteiger partial charge on any atom is -0.456 e. The van der Waals surface area contributed by atoms with E-state index in [0.717, 1.165) is 16.3 Å². The molecule has 0 bridgehead atoms. The second kappa shape index (κ2) is 10.5. The first kappa shape index (κ1) is 16.5. The van der Waals surface area contributed by atoms with Gasteiger partial charge in [0.2, 0.25) is 0 Å². The van der Waals surface area contributed by atoms with Crippen molar-refractivity contribution in [2.45, 2.75) is 0 Å². The molecule has 0 radical (unpaired) electrons. The third kappa shape index (κ3) is 4.75. The lowest BCUT2D eigenvalue weighted by Crippen LogP contribution is -2.00. The molecule has 4 nitrogen and oxygen atoms in total. The number of hydrogen-bond acceptors (Lipinski definition) is 4. The van der Waals surface area contributed by atoms with Crippen LogP contribution in [0.25, 0.3) is 78.4 Å². The van der Waals surface area contributed by atoms with Crippen LogP contribution in [-0.2, 0) is 0 Å². The molecule has 0 spiro atoms.